The van der Waals surface area contributed by atoms with Gasteiger partial charge in [0.25, 0.3) is 0 Å². The molecule has 0 radical (unpaired) electrons. The van der Waals surface area contributed by atoms with E-state index in [0.717, 1.165) is 44.7 Å². The number of hydrogen-bond donors (Lipinski definition) is 2. The van der Waals surface area contributed by atoms with Crippen LogP contribution in [-0.2, 0) is 0 Å². The molecule has 0 aliphatic rings. The van der Waals surface area contributed by atoms with Crippen molar-refractivity contribution in [2.45, 2.75) is 131 Å². The van der Waals surface area contributed by atoms with Gasteiger partial charge in [0.1, 0.15) is 0 Å². The second kappa shape index (κ2) is 20.8. The van der Waals surface area contributed by atoms with Gasteiger partial charge in [0, 0.05) is 22.5 Å². The van der Waals surface area contributed by atoms with Crippen molar-refractivity contribution >= 4 is 22.1 Å². The maximum atomic E-state index is 5.60. The van der Waals surface area contributed by atoms with Crippen molar-refractivity contribution in [2.75, 3.05) is 10.6 Å². The molecule has 0 aliphatic heterocycles. The van der Waals surface area contributed by atoms with Gasteiger partial charge in [-0.1, -0.05) is 217 Å². The van der Waals surface area contributed by atoms with E-state index < -0.39 is 0 Å². The average molecular weight is 897 g/mol. The van der Waals surface area contributed by atoms with E-state index in [9.17, 15) is 0 Å². The number of nitrogens with zero attached hydrogens (tertiary/aromatic N) is 2. The van der Waals surface area contributed by atoms with E-state index in [1.807, 2.05) is 0 Å². The Hall–Kier alpha value is -6.52. The van der Waals surface area contributed by atoms with Crippen LogP contribution in [0.4, 0.5) is 11.4 Å². The Balaban J connectivity index is 1.25. The first-order chi connectivity index (χ1) is 32.7. The number of anilines is 2. The fourth-order valence-electron chi connectivity index (χ4n) is 10.2. The van der Waals surface area contributed by atoms with E-state index in [1.165, 1.54) is 55.9 Å². The molecule has 8 aromatic rings. The molecule has 0 spiro atoms. The van der Waals surface area contributed by atoms with E-state index in [1.54, 1.807) is 0 Å². The predicted molar refractivity (Wildman–Crippen MR) is 292 cm³/mol. The van der Waals surface area contributed by atoms with Crippen LogP contribution in [0.2, 0.25) is 0 Å². The summed E-state index contributed by atoms with van der Waals surface area (Å²) in [7, 11) is 0. The third kappa shape index (κ3) is 9.88. The Kier molecular flexibility index (Phi) is 14.7. The summed E-state index contributed by atoms with van der Waals surface area (Å²) in [5, 5.41) is 10.6. The van der Waals surface area contributed by atoms with E-state index in [-0.39, 0.29) is 12.1 Å². The molecule has 4 heteroatoms. The fraction of sp³-hybridized carbons (Fsp3) is 0.312. The summed E-state index contributed by atoms with van der Waals surface area (Å²) in [6.45, 7) is 27.5. The molecule has 8 rings (SSSR count). The molecular formula is C64H72N4. The summed E-state index contributed by atoms with van der Waals surface area (Å²) in [4.78, 5) is 11.2. The van der Waals surface area contributed by atoms with Crippen molar-refractivity contribution in [1.82, 2.24) is 9.97 Å². The van der Waals surface area contributed by atoms with Crippen molar-refractivity contribution in [1.29, 1.82) is 0 Å². The van der Waals surface area contributed by atoms with Crippen molar-refractivity contribution in [3.8, 4) is 22.5 Å². The quantitative estimate of drug-likeness (QED) is 0.101. The van der Waals surface area contributed by atoms with Crippen LogP contribution in [0.5, 0.6) is 0 Å². The van der Waals surface area contributed by atoms with Gasteiger partial charge in [-0.15, -0.1) is 0 Å². The summed E-state index contributed by atoms with van der Waals surface area (Å²) >= 11 is 0. The number of benzene rings is 6. The van der Waals surface area contributed by atoms with Crippen LogP contribution in [-0.4, -0.2) is 9.97 Å². The highest BCUT2D eigenvalue weighted by Crippen LogP contribution is 2.42. The van der Waals surface area contributed by atoms with E-state index in [0.29, 0.717) is 35.5 Å². The number of hydrogen-bond acceptors (Lipinski definition) is 4. The number of rotatable bonds is 16. The number of fused-ring (bicyclic) bond motifs is 1. The standard InChI is InChI=1S/C64H72N4/c1-39(2)45-23-13-17-27-55(45)63(67-61-47(41(5)6)29-19-30-48(61)42(7)8)59-35-21-33-57(65-59)53-37-38-54(52-26-16-15-25-51(52)53)58-34-22-36-60(66-58)64(56-28-18-14-24-46(56)40(3)4)68-62-49(43(9)10)31-20-32-50(62)44(11)12/h13-44,63-64,67-68H,1-12H3. The van der Waals surface area contributed by atoms with E-state index >= 15 is 0 Å². The summed E-state index contributed by atoms with van der Waals surface area (Å²) in [5.41, 5.74) is 19.0. The molecule has 0 saturated heterocycles. The van der Waals surface area contributed by atoms with E-state index in [2.05, 4.69) is 251 Å². The van der Waals surface area contributed by atoms with Gasteiger partial charge >= 0.3 is 0 Å². The maximum absolute atomic E-state index is 5.60. The summed E-state index contributed by atoms with van der Waals surface area (Å²) in [6, 6.07) is 57.4. The summed E-state index contributed by atoms with van der Waals surface area (Å²) in [5.74, 6) is 2.11. The Bertz CT molecular complexity index is 2750. The molecule has 348 valence electrons. The SMILES string of the molecule is CC(C)c1ccccc1C(Nc1c(C(C)C)cccc1C(C)C)c1cccc(-c2ccc(-c3cccc(C(Nc4c(C(C)C)cccc4C(C)C)c4ccccc4C(C)C)n3)c3ccccc23)n1. The number of nitrogens with one attached hydrogen (secondary N) is 2. The monoisotopic (exact) mass is 897 g/mol. The Morgan fingerprint density at radius 3 is 0.882 bits per heavy atom. The number of aromatic nitrogens is 2. The molecule has 2 N–H and O–H groups in total. The van der Waals surface area contributed by atoms with Crippen LogP contribution in [0.15, 0.2) is 158 Å². The lowest BCUT2D eigenvalue weighted by atomic mass is 9.88. The molecule has 0 bridgehead atoms. The zero-order chi connectivity index (χ0) is 48.2. The zero-order valence-electron chi connectivity index (χ0n) is 42.5. The molecular weight excluding hydrogens is 825 g/mol. The smallest absolute Gasteiger partial charge is 0.0943 e. The van der Waals surface area contributed by atoms with Gasteiger partial charge in [-0.3, -0.25) is 9.97 Å². The van der Waals surface area contributed by atoms with Crippen LogP contribution in [0.25, 0.3) is 33.3 Å². The third-order valence-electron chi connectivity index (χ3n) is 13.8. The first-order valence-corrected chi connectivity index (χ1v) is 25.2. The maximum Gasteiger partial charge on any atom is 0.0943 e. The minimum absolute atomic E-state index is 0.171. The lowest BCUT2D eigenvalue weighted by Crippen LogP contribution is -2.19. The van der Waals surface area contributed by atoms with E-state index in [4.69, 9.17) is 9.97 Å². The van der Waals surface area contributed by atoms with Gasteiger partial charge < -0.3 is 10.6 Å². The molecule has 6 aromatic carbocycles. The van der Waals surface area contributed by atoms with Crippen molar-refractivity contribution < 1.29 is 0 Å². The Labute approximate surface area is 407 Å². The van der Waals surface area contributed by atoms with Crippen molar-refractivity contribution in [3.05, 3.63) is 214 Å². The van der Waals surface area contributed by atoms with Crippen LogP contribution < -0.4 is 10.6 Å². The molecule has 2 atom stereocenters. The minimum atomic E-state index is -0.171. The zero-order valence-corrected chi connectivity index (χ0v) is 42.5. The van der Waals surface area contributed by atoms with Gasteiger partial charge in [-0.25, -0.2) is 0 Å². The molecule has 0 fully saturated rings. The first kappa shape index (κ1) is 48.0. The van der Waals surface area contributed by atoms with Gasteiger partial charge in [0.15, 0.2) is 0 Å². The van der Waals surface area contributed by atoms with Crippen molar-refractivity contribution in [2.24, 2.45) is 0 Å². The van der Waals surface area contributed by atoms with Crippen LogP contribution in [0.3, 0.4) is 0 Å². The second-order valence-corrected chi connectivity index (χ2v) is 20.6. The molecule has 0 saturated carbocycles. The topological polar surface area (TPSA) is 49.8 Å². The summed E-state index contributed by atoms with van der Waals surface area (Å²) < 4.78 is 0. The van der Waals surface area contributed by atoms with Gasteiger partial charge in [0.2, 0.25) is 0 Å². The highest BCUT2D eigenvalue weighted by molar-refractivity contribution is 6.04. The molecule has 4 nitrogen and oxygen atoms in total. The third-order valence-corrected chi connectivity index (χ3v) is 13.8. The molecule has 2 aromatic heterocycles. The number of para-hydroxylation sites is 2. The molecule has 68 heavy (non-hydrogen) atoms. The normalized spacial score (nSPS) is 12.8. The Morgan fingerprint density at radius 1 is 0.279 bits per heavy atom. The summed E-state index contributed by atoms with van der Waals surface area (Å²) in [6.07, 6.45) is 0. The lowest BCUT2D eigenvalue weighted by molar-refractivity contribution is 0.788. The van der Waals surface area contributed by atoms with Crippen LogP contribution >= 0.6 is 0 Å². The Morgan fingerprint density at radius 2 is 0.559 bits per heavy atom. The van der Waals surface area contributed by atoms with Gasteiger partial charge in [-0.2, -0.15) is 0 Å². The van der Waals surface area contributed by atoms with Crippen LogP contribution in [0, 0.1) is 0 Å². The average Bonchev–Trinajstić information content (AvgIpc) is 3.34. The molecule has 0 aliphatic carbocycles. The fourth-order valence-corrected chi connectivity index (χ4v) is 10.2. The molecule has 2 heterocycles. The van der Waals surface area contributed by atoms with Crippen molar-refractivity contribution in [3.63, 3.8) is 0 Å². The van der Waals surface area contributed by atoms with Gasteiger partial charge in [-0.05, 0) is 115 Å². The van der Waals surface area contributed by atoms with Crippen LogP contribution in [0.1, 0.15) is 187 Å². The van der Waals surface area contributed by atoms with Gasteiger partial charge in [0.05, 0.1) is 34.9 Å². The predicted octanol–water partition coefficient (Wildman–Crippen LogP) is 18.1. The number of pyridine rings is 2. The largest absolute Gasteiger partial charge is 0.372 e. The lowest BCUT2D eigenvalue weighted by Gasteiger charge is -2.29. The second-order valence-electron chi connectivity index (χ2n) is 20.6. The minimum Gasteiger partial charge on any atom is -0.372 e. The highest BCUT2D eigenvalue weighted by Gasteiger charge is 2.27. The molecule has 0 amide bonds. The first-order valence-electron chi connectivity index (χ1n) is 25.2. The molecule has 2 unspecified atom stereocenters. The highest BCUT2D eigenvalue weighted by atomic mass is 15.0.